The van der Waals surface area contributed by atoms with E-state index in [1.807, 2.05) is 30.3 Å². The van der Waals surface area contributed by atoms with Crippen molar-refractivity contribution in [1.29, 1.82) is 0 Å². The van der Waals surface area contributed by atoms with Crippen LogP contribution < -0.4 is 4.90 Å². The molecule has 5 nitrogen and oxygen atoms in total. The summed E-state index contributed by atoms with van der Waals surface area (Å²) in [6, 6.07) is 17.5. The van der Waals surface area contributed by atoms with E-state index in [-0.39, 0.29) is 23.5 Å². The Morgan fingerprint density at radius 3 is 2.57 bits per heavy atom. The maximum atomic E-state index is 13.8. The molecule has 0 fully saturated rings. The predicted molar refractivity (Wildman–Crippen MR) is 110 cm³/mol. The minimum absolute atomic E-state index is 0.00759. The zero-order chi connectivity index (χ0) is 21.1. The molecule has 1 aliphatic heterocycles. The van der Waals surface area contributed by atoms with Crippen molar-refractivity contribution >= 4 is 17.4 Å². The van der Waals surface area contributed by atoms with Crippen molar-refractivity contribution in [3.63, 3.8) is 0 Å². The molecular formula is C24H19FN2O3. The van der Waals surface area contributed by atoms with Crippen LogP contribution in [0.3, 0.4) is 0 Å². The second-order valence-corrected chi connectivity index (χ2v) is 7.01. The van der Waals surface area contributed by atoms with Crippen LogP contribution in [0.2, 0.25) is 0 Å². The first-order valence-electron chi connectivity index (χ1n) is 9.55. The van der Waals surface area contributed by atoms with Gasteiger partial charge in [0.05, 0.1) is 11.6 Å². The lowest BCUT2D eigenvalue weighted by molar-refractivity contribution is -0.118. The van der Waals surface area contributed by atoms with Gasteiger partial charge in [-0.15, -0.1) is 0 Å². The molecule has 3 aromatic rings. The Labute approximate surface area is 173 Å². The number of aromatic nitrogens is 1. The lowest BCUT2D eigenvalue weighted by Crippen LogP contribution is -2.31. The van der Waals surface area contributed by atoms with Crippen LogP contribution in [0.4, 0.5) is 10.1 Å². The van der Waals surface area contributed by atoms with Gasteiger partial charge in [-0.25, -0.2) is 4.39 Å². The number of rotatable bonds is 6. The van der Waals surface area contributed by atoms with Gasteiger partial charge in [0.15, 0.2) is 11.5 Å². The third-order valence-corrected chi connectivity index (χ3v) is 5.08. The van der Waals surface area contributed by atoms with E-state index in [4.69, 9.17) is 0 Å². The molecule has 0 radical (unpaired) electrons. The molecule has 0 bridgehead atoms. The van der Waals surface area contributed by atoms with Crippen molar-refractivity contribution in [2.24, 2.45) is 0 Å². The van der Waals surface area contributed by atoms with Crippen LogP contribution in [0.25, 0.3) is 0 Å². The number of hydrogen-bond donors (Lipinski definition) is 1. The first-order valence-corrected chi connectivity index (χ1v) is 9.55. The molecule has 150 valence electrons. The Kier molecular flexibility index (Phi) is 5.39. The zero-order valence-electron chi connectivity index (χ0n) is 16.0. The summed E-state index contributed by atoms with van der Waals surface area (Å²) in [5, 5.41) is 10.6. The number of nitrogens with zero attached hydrogens (tertiary/aromatic N) is 2. The normalized spacial score (nSPS) is 16.2. The number of benzene rings is 2. The topological polar surface area (TPSA) is 70.5 Å². The number of hydrogen-bond acceptors (Lipinski definition) is 4. The molecule has 0 saturated carbocycles. The van der Waals surface area contributed by atoms with E-state index in [0.29, 0.717) is 12.0 Å². The van der Waals surface area contributed by atoms with Crippen LogP contribution >= 0.6 is 0 Å². The molecule has 6 heteroatoms. The Morgan fingerprint density at radius 2 is 1.87 bits per heavy atom. The van der Waals surface area contributed by atoms with Crippen molar-refractivity contribution in [2.75, 3.05) is 4.90 Å². The molecule has 1 N–H and O–H groups in total. The molecule has 30 heavy (non-hydrogen) atoms. The van der Waals surface area contributed by atoms with Crippen LogP contribution in [-0.2, 0) is 16.0 Å². The standard InChI is InChI=1S/C24H19FN2O3/c25-18-9-4-10-19(14-18)27-22(17-8-5-13-26-15-17)21(23(29)24(27)30)20(28)12-11-16-6-2-1-3-7-16/h1-10,13-15,22,29H,11-12H2. The van der Waals surface area contributed by atoms with E-state index < -0.39 is 23.5 Å². The number of halogens is 1. The van der Waals surface area contributed by atoms with Crippen LogP contribution in [0, 0.1) is 5.82 Å². The molecule has 1 atom stereocenters. The number of Topliss-reactive ketones (excluding diaryl/α,β-unsaturated/α-hetero) is 1. The van der Waals surface area contributed by atoms with E-state index in [1.165, 1.54) is 29.3 Å². The fourth-order valence-corrected chi connectivity index (χ4v) is 3.67. The van der Waals surface area contributed by atoms with Crippen molar-refractivity contribution in [2.45, 2.75) is 18.9 Å². The molecule has 2 aromatic carbocycles. The highest BCUT2D eigenvalue weighted by atomic mass is 19.1. The van der Waals surface area contributed by atoms with E-state index in [2.05, 4.69) is 4.98 Å². The first kappa shape index (κ1) is 19.5. The maximum Gasteiger partial charge on any atom is 0.294 e. The number of aliphatic hydroxyl groups excluding tert-OH is 1. The van der Waals surface area contributed by atoms with Crippen molar-refractivity contribution in [3.05, 3.63) is 107 Å². The highest BCUT2D eigenvalue weighted by Crippen LogP contribution is 2.41. The Bertz CT molecular complexity index is 1110. The minimum atomic E-state index is -0.878. The summed E-state index contributed by atoms with van der Waals surface area (Å²) in [6.07, 6.45) is 3.72. The number of pyridine rings is 1. The highest BCUT2D eigenvalue weighted by Gasteiger charge is 2.44. The van der Waals surface area contributed by atoms with Crippen LogP contribution in [0.1, 0.15) is 23.6 Å². The fourth-order valence-electron chi connectivity index (χ4n) is 3.67. The number of aryl methyl sites for hydroxylation is 1. The number of amides is 1. The third kappa shape index (κ3) is 3.72. The second-order valence-electron chi connectivity index (χ2n) is 7.01. The van der Waals surface area contributed by atoms with Gasteiger partial charge < -0.3 is 5.11 Å². The summed E-state index contributed by atoms with van der Waals surface area (Å²) in [7, 11) is 0. The van der Waals surface area contributed by atoms with Gasteiger partial charge in [-0.1, -0.05) is 42.5 Å². The Morgan fingerprint density at radius 1 is 1.07 bits per heavy atom. The van der Waals surface area contributed by atoms with Crippen molar-refractivity contribution in [1.82, 2.24) is 4.98 Å². The molecule has 2 heterocycles. The van der Waals surface area contributed by atoms with Gasteiger partial charge in [0.1, 0.15) is 5.82 Å². The highest BCUT2D eigenvalue weighted by molar-refractivity contribution is 6.16. The van der Waals surface area contributed by atoms with E-state index >= 15 is 0 Å². The molecule has 1 aliphatic rings. The Balaban J connectivity index is 1.72. The quantitative estimate of drug-likeness (QED) is 0.667. The molecule has 0 aliphatic carbocycles. The molecule has 0 spiro atoms. The van der Waals surface area contributed by atoms with Gasteiger partial charge in [-0.3, -0.25) is 19.5 Å². The molecule has 1 aromatic heterocycles. The maximum absolute atomic E-state index is 13.8. The van der Waals surface area contributed by atoms with Crippen LogP contribution in [-0.4, -0.2) is 21.8 Å². The number of carbonyl (C=O) groups excluding carboxylic acids is 2. The predicted octanol–water partition coefficient (Wildman–Crippen LogP) is 4.32. The third-order valence-electron chi connectivity index (χ3n) is 5.08. The summed E-state index contributed by atoms with van der Waals surface area (Å²) < 4.78 is 13.8. The van der Waals surface area contributed by atoms with Crippen LogP contribution in [0.15, 0.2) is 90.5 Å². The average molecular weight is 402 g/mol. The average Bonchev–Trinajstić information content (AvgIpc) is 3.04. The lowest BCUT2D eigenvalue weighted by Gasteiger charge is -2.26. The van der Waals surface area contributed by atoms with Gasteiger partial charge in [0.25, 0.3) is 5.91 Å². The second kappa shape index (κ2) is 8.29. The summed E-state index contributed by atoms with van der Waals surface area (Å²) in [5.41, 5.74) is 1.80. The van der Waals surface area contributed by atoms with Crippen molar-refractivity contribution < 1.29 is 19.1 Å². The summed E-state index contributed by atoms with van der Waals surface area (Å²) in [5.74, 6) is -2.20. The monoisotopic (exact) mass is 402 g/mol. The number of anilines is 1. The van der Waals surface area contributed by atoms with Gasteiger partial charge in [0.2, 0.25) is 0 Å². The van der Waals surface area contributed by atoms with E-state index in [9.17, 15) is 19.1 Å². The smallest absolute Gasteiger partial charge is 0.294 e. The number of carbonyl (C=O) groups is 2. The first-order chi connectivity index (χ1) is 14.6. The molecular weight excluding hydrogens is 383 g/mol. The molecule has 0 saturated heterocycles. The summed E-state index contributed by atoms with van der Waals surface area (Å²) >= 11 is 0. The number of aliphatic hydroxyl groups is 1. The zero-order valence-corrected chi connectivity index (χ0v) is 16.0. The molecule has 1 amide bonds. The van der Waals surface area contributed by atoms with Gasteiger partial charge in [-0.2, -0.15) is 0 Å². The number of ketones is 1. The van der Waals surface area contributed by atoms with E-state index in [0.717, 1.165) is 5.56 Å². The minimum Gasteiger partial charge on any atom is -0.503 e. The molecule has 1 unspecified atom stereocenters. The summed E-state index contributed by atoms with van der Waals surface area (Å²) in [4.78, 5) is 31.3. The van der Waals surface area contributed by atoms with Gasteiger partial charge in [0, 0.05) is 24.5 Å². The molecule has 4 rings (SSSR count). The van der Waals surface area contributed by atoms with Gasteiger partial charge >= 0.3 is 0 Å². The lowest BCUT2D eigenvalue weighted by atomic mass is 9.94. The summed E-state index contributed by atoms with van der Waals surface area (Å²) in [6.45, 7) is 0. The van der Waals surface area contributed by atoms with Gasteiger partial charge in [-0.05, 0) is 41.8 Å². The SMILES string of the molecule is O=C(CCc1ccccc1)C1=C(O)C(=O)N(c2cccc(F)c2)C1c1cccnc1. The van der Waals surface area contributed by atoms with Crippen LogP contribution in [0.5, 0.6) is 0 Å². The van der Waals surface area contributed by atoms with Crippen molar-refractivity contribution in [3.8, 4) is 0 Å². The largest absolute Gasteiger partial charge is 0.503 e. The fraction of sp³-hybridized carbons (Fsp3) is 0.125. The van der Waals surface area contributed by atoms with E-state index in [1.54, 1.807) is 24.4 Å². The Hall–Kier alpha value is -3.80.